The van der Waals surface area contributed by atoms with Gasteiger partial charge in [-0.15, -0.1) is 16.7 Å². The summed E-state index contributed by atoms with van der Waals surface area (Å²) in [7, 11) is 0. The van der Waals surface area contributed by atoms with Gasteiger partial charge >= 0.3 is 76.7 Å². The topological polar surface area (TPSA) is 0 Å². The van der Waals surface area contributed by atoms with Crippen molar-refractivity contribution in [2.24, 2.45) is 11.3 Å². The second-order valence-electron chi connectivity index (χ2n) is 15.7. The summed E-state index contributed by atoms with van der Waals surface area (Å²) in [5.41, 5.74) is 16.0. The second kappa shape index (κ2) is 16.0. The summed E-state index contributed by atoms with van der Waals surface area (Å²) in [4.78, 5) is 0. The first-order valence-corrected chi connectivity index (χ1v) is 17.1. The average Bonchev–Trinajstić information content (AvgIpc) is 3.45. The molecule has 0 heterocycles. The SMILES string of the molecule is CC1[C-]=CC(C(C)(C)C)=C1.C[C](=[Zr+2])c1ccc(C)cc1.Cc1[c-]c2c(cc1C(C)(C)C)-c1cc(C(C)(C)C)c(C)cc1C2.[Cl-].[Cl-]. The van der Waals surface area contributed by atoms with Crippen LogP contribution in [0, 0.1) is 44.2 Å². The molecule has 0 aliphatic heterocycles. The molecule has 2 aliphatic carbocycles. The second-order valence-corrected chi connectivity index (χ2v) is 17.5. The molecule has 0 nitrogen and oxygen atoms in total. The van der Waals surface area contributed by atoms with E-state index in [0.717, 1.165) is 6.42 Å². The number of allylic oxidation sites excluding steroid dienone is 4. The van der Waals surface area contributed by atoms with Gasteiger partial charge in [0.15, 0.2) is 0 Å². The molecule has 3 aromatic rings. The van der Waals surface area contributed by atoms with Crippen LogP contribution in [-0.4, -0.2) is 3.21 Å². The molecule has 3 aromatic carbocycles. The minimum Gasteiger partial charge on any atom is -1.00 e. The fourth-order valence-electron chi connectivity index (χ4n) is 5.88. The molecule has 45 heavy (non-hydrogen) atoms. The van der Waals surface area contributed by atoms with E-state index in [1.54, 1.807) is 0 Å². The predicted octanol–water partition coefficient (Wildman–Crippen LogP) is 5.33. The minimum atomic E-state index is 0. The summed E-state index contributed by atoms with van der Waals surface area (Å²) < 4.78 is 1.46. The molecule has 0 N–H and O–H groups in total. The molecular formula is C42H54Cl2Zr-2. The Balaban J connectivity index is 0.000000384. The number of fused-ring (bicyclic) bond motifs is 3. The fourth-order valence-corrected chi connectivity index (χ4v) is 6.29. The number of halogens is 2. The van der Waals surface area contributed by atoms with Crippen molar-refractivity contribution < 1.29 is 49.0 Å². The van der Waals surface area contributed by atoms with Crippen molar-refractivity contribution in [2.75, 3.05) is 0 Å². The van der Waals surface area contributed by atoms with E-state index in [-0.39, 0.29) is 35.6 Å². The van der Waals surface area contributed by atoms with Crippen molar-refractivity contribution in [3.63, 3.8) is 0 Å². The van der Waals surface area contributed by atoms with Crippen LogP contribution in [0.5, 0.6) is 0 Å². The maximum atomic E-state index is 3.69. The monoisotopic (exact) mass is 718 g/mol. The Bertz CT molecular complexity index is 1460. The number of hydrogen-bond donors (Lipinski definition) is 0. The van der Waals surface area contributed by atoms with Gasteiger partial charge in [-0.3, -0.25) is 6.08 Å². The molecule has 3 heteroatoms. The Morgan fingerprint density at radius 3 is 1.71 bits per heavy atom. The fraction of sp³-hybridized carbons (Fsp3) is 0.452. The summed E-state index contributed by atoms with van der Waals surface area (Å²) in [6.07, 6.45) is 8.68. The van der Waals surface area contributed by atoms with E-state index < -0.39 is 0 Å². The zero-order chi connectivity index (χ0) is 32.5. The molecule has 0 aromatic heterocycles. The third-order valence-corrected chi connectivity index (χ3v) is 9.07. The Labute approximate surface area is 303 Å². The average molecular weight is 721 g/mol. The van der Waals surface area contributed by atoms with E-state index in [9.17, 15) is 0 Å². The largest absolute Gasteiger partial charge is 1.00 e. The maximum Gasteiger partial charge on any atom is -0.0129 e. The molecule has 1 atom stereocenters. The van der Waals surface area contributed by atoms with Crippen molar-refractivity contribution >= 4 is 3.21 Å². The van der Waals surface area contributed by atoms with Crippen molar-refractivity contribution in [1.82, 2.24) is 0 Å². The van der Waals surface area contributed by atoms with Crippen LogP contribution in [0.2, 0.25) is 0 Å². The molecule has 0 saturated carbocycles. The Hall–Kier alpha value is -1.53. The van der Waals surface area contributed by atoms with Gasteiger partial charge in [-0.1, -0.05) is 111 Å². The van der Waals surface area contributed by atoms with Crippen LogP contribution in [0.3, 0.4) is 0 Å². The summed E-state index contributed by atoms with van der Waals surface area (Å²) >= 11 is 1.51. The first-order valence-electron chi connectivity index (χ1n) is 15.8. The van der Waals surface area contributed by atoms with Crippen LogP contribution < -0.4 is 24.8 Å². The van der Waals surface area contributed by atoms with Gasteiger partial charge in [0, 0.05) is 0 Å². The number of rotatable bonds is 1. The molecule has 2 aliphatic rings. The van der Waals surface area contributed by atoms with E-state index in [4.69, 9.17) is 0 Å². The molecule has 0 spiro atoms. The van der Waals surface area contributed by atoms with E-state index in [2.05, 4.69) is 164 Å². The molecular weight excluding hydrogens is 667 g/mol. The van der Waals surface area contributed by atoms with Crippen LogP contribution in [0.4, 0.5) is 0 Å². The van der Waals surface area contributed by atoms with Crippen LogP contribution >= 0.6 is 0 Å². The number of aryl methyl sites for hydroxylation is 3. The van der Waals surface area contributed by atoms with Gasteiger partial charge in [-0.05, 0) is 35.4 Å². The van der Waals surface area contributed by atoms with E-state index in [1.165, 1.54) is 88.6 Å². The zero-order valence-electron chi connectivity index (χ0n) is 30.2. The Morgan fingerprint density at radius 2 is 1.29 bits per heavy atom. The predicted molar refractivity (Wildman–Crippen MR) is 186 cm³/mol. The first kappa shape index (κ1) is 41.5. The third kappa shape index (κ3) is 11.0. The van der Waals surface area contributed by atoms with Crippen molar-refractivity contribution in [1.29, 1.82) is 0 Å². The quantitative estimate of drug-likeness (QED) is 0.234. The molecule has 0 saturated heterocycles. The Kier molecular flexibility index (Phi) is 14.8. The summed E-state index contributed by atoms with van der Waals surface area (Å²) in [5.74, 6) is 0.522. The van der Waals surface area contributed by atoms with Gasteiger partial charge in [0.05, 0.1) is 0 Å². The summed E-state index contributed by atoms with van der Waals surface area (Å²) in [6, 6.07) is 19.6. The van der Waals surface area contributed by atoms with Gasteiger partial charge in [-0.25, -0.2) is 6.08 Å². The van der Waals surface area contributed by atoms with Gasteiger partial charge in [0.1, 0.15) is 0 Å². The van der Waals surface area contributed by atoms with Crippen molar-refractivity contribution in [2.45, 2.75) is 114 Å². The van der Waals surface area contributed by atoms with Crippen molar-refractivity contribution in [3.8, 4) is 11.1 Å². The third-order valence-electron chi connectivity index (χ3n) is 8.36. The van der Waals surface area contributed by atoms with Gasteiger partial charge in [0.25, 0.3) is 0 Å². The first-order chi connectivity index (χ1) is 19.7. The molecule has 1 unspecified atom stereocenters. The minimum absolute atomic E-state index is 0. The molecule has 0 bridgehead atoms. The van der Waals surface area contributed by atoms with Crippen LogP contribution in [0.25, 0.3) is 11.1 Å². The normalized spacial score (nSPS) is 14.8. The molecule has 0 fully saturated rings. The van der Waals surface area contributed by atoms with E-state index >= 15 is 0 Å². The molecule has 0 radical (unpaired) electrons. The Morgan fingerprint density at radius 1 is 0.756 bits per heavy atom. The van der Waals surface area contributed by atoms with Crippen LogP contribution in [0.1, 0.15) is 121 Å². The zero-order valence-corrected chi connectivity index (χ0v) is 34.2. The van der Waals surface area contributed by atoms with Gasteiger partial charge < -0.3 is 24.8 Å². The maximum absolute atomic E-state index is 3.69. The molecule has 242 valence electrons. The standard InChI is InChI=1S/C23H29.C10H15.C9H10.2ClH.Zr/c1-14-9-16-11-17-10-15(2)21(23(6,7)8)13-19(17)18(16)12-20(14)22(3,4)5;1-8-5-6-9(7-8)10(2,3)4;1-3-9-6-4-8(2)5-7-9;;;/h9,12-13H,11H2,1-8H3;6-8H,1-4H3;4-7H,1-2H3;2*1H;/q2*-1;;;;+2/p-2. The van der Waals surface area contributed by atoms with E-state index in [1.807, 2.05) is 0 Å². The van der Waals surface area contributed by atoms with Gasteiger partial charge in [0.2, 0.25) is 0 Å². The van der Waals surface area contributed by atoms with Gasteiger partial charge in [-0.2, -0.15) is 29.3 Å². The van der Waals surface area contributed by atoms with Crippen molar-refractivity contribution in [3.05, 3.63) is 117 Å². The molecule has 5 rings (SSSR count). The number of benzene rings is 3. The van der Waals surface area contributed by atoms with Crippen LogP contribution in [0.15, 0.2) is 60.2 Å². The smallest absolute Gasteiger partial charge is 0.0129 e. The summed E-state index contributed by atoms with van der Waals surface area (Å²) in [5, 5.41) is 0. The number of hydrogen-bond acceptors (Lipinski definition) is 0. The summed E-state index contributed by atoms with van der Waals surface area (Å²) in [6.45, 7) is 31.4. The van der Waals surface area contributed by atoms with Crippen LogP contribution in [-0.2, 0) is 41.5 Å². The van der Waals surface area contributed by atoms with E-state index in [0.29, 0.717) is 11.3 Å². The molecule has 0 amide bonds.